The highest BCUT2D eigenvalue weighted by molar-refractivity contribution is 6.21. The fourth-order valence-corrected chi connectivity index (χ4v) is 13.5. The van der Waals surface area contributed by atoms with E-state index in [2.05, 4.69) is 112 Å². The number of amides is 2. The molecule has 0 radical (unpaired) electrons. The van der Waals surface area contributed by atoms with E-state index in [9.17, 15) is 38.7 Å². The number of hydrogen-bond acceptors (Lipinski definition) is 15. The first kappa shape index (κ1) is 69.5. The van der Waals surface area contributed by atoms with Crippen LogP contribution >= 0.6 is 0 Å². The lowest BCUT2D eigenvalue weighted by molar-refractivity contribution is -0.450. The first-order valence-electron chi connectivity index (χ1n) is 31.5. The van der Waals surface area contributed by atoms with Gasteiger partial charge in [0.2, 0.25) is 23.2 Å². The van der Waals surface area contributed by atoms with Crippen molar-refractivity contribution < 1.29 is 71.7 Å². The fraction of sp³-hybridized carbons (Fsp3) is 0.500. The van der Waals surface area contributed by atoms with Crippen molar-refractivity contribution in [2.75, 3.05) is 57.6 Å². The Morgan fingerprint density at radius 3 is 1.38 bits per heavy atom. The van der Waals surface area contributed by atoms with Crippen LogP contribution in [0.25, 0.3) is 0 Å². The van der Waals surface area contributed by atoms with Crippen LogP contribution in [0.15, 0.2) is 122 Å². The Kier molecular flexibility index (Phi) is 24.5. The monoisotopic (exact) mass is 1240 g/mol. The van der Waals surface area contributed by atoms with Crippen LogP contribution in [-0.2, 0) is 62.0 Å². The van der Waals surface area contributed by atoms with Gasteiger partial charge in [-0.05, 0) is 185 Å². The zero-order chi connectivity index (χ0) is 65.5. The van der Waals surface area contributed by atoms with Crippen molar-refractivity contribution in [3.63, 3.8) is 0 Å². The number of nitrogens with zero attached hydrogens (tertiary/aromatic N) is 2. The van der Waals surface area contributed by atoms with Crippen molar-refractivity contribution in [3.05, 3.63) is 155 Å². The van der Waals surface area contributed by atoms with Crippen LogP contribution in [0.1, 0.15) is 124 Å². The van der Waals surface area contributed by atoms with E-state index in [4.69, 9.17) is 28.4 Å². The summed E-state index contributed by atoms with van der Waals surface area (Å²) >= 11 is 0. The second-order valence-electron chi connectivity index (χ2n) is 25.6. The predicted octanol–water partition coefficient (Wildman–Crippen LogP) is 10.3. The van der Waals surface area contributed by atoms with E-state index in [-0.39, 0.29) is 75.4 Å². The van der Waals surface area contributed by atoms with Crippen LogP contribution < -0.4 is 15.5 Å². The van der Waals surface area contributed by atoms with Crippen LogP contribution in [0, 0.1) is 59.3 Å². The van der Waals surface area contributed by atoms with E-state index in [0.29, 0.717) is 28.6 Å². The molecule has 0 atom stereocenters. The lowest BCUT2D eigenvalue weighted by Crippen LogP contribution is -2.54. The molecule has 0 aromatic heterocycles. The molecular formula is C72H93N4O14+. The minimum absolute atomic E-state index is 0.0524. The summed E-state index contributed by atoms with van der Waals surface area (Å²) in [4.78, 5) is 90.6. The Bertz CT molecular complexity index is 3140. The maximum absolute atomic E-state index is 14.3. The Labute approximate surface area is 530 Å². The molecule has 484 valence electrons. The molecule has 3 saturated carbocycles. The number of nitrogens with one attached hydrogen (secondary N) is 2. The van der Waals surface area contributed by atoms with Crippen molar-refractivity contribution >= 4 is 58.6 Å². The van der Waals surface area contributed by atoms with Gasteiger partial charge in [-0.1, -0.05) is 49.6 Å². The van der Waals surface area contributed by atoms with E-state index < -0.39 is 46.8 Å². The maximum Gasteiger partial charge on any atom is 0.330 e. The molecule has 2 aromatic carbocycles. The molecule has 2 aromatic rings. The van der Waals surface area contributed by atoms with Crippen LogP contribution in [0.5, 0.6) is 0 Å². The third-order valence-corrected chi connectivity index (χ3v) is 17.9. The van der Waals surface area contributed by atoms with Crippen molar-refractivity contribution in [1.29, 1.82) is 0 Å². The third-order valence-electron chi connectivity index (χ3n) is 17.9. The Hall–Kier alpha value is -7.96. The fourth-order valence-electron chi connectivity index (χ4n) is 13.5. The van der Waals surface area contributed by atoms with Crippen molar-refractivity contribution in [3.8, 4) is 0 Å². The molecule has 5 aliphatic rings. The number of allylic oxidation sites excluding steroid dienone is 7. The smallest absolute Gasteiger partial charge is 0.330 e. The van der Waals surface area contributed by atoms with E-state index in [1.54, 1.807) is 13.8 Å². The average Bonchev–Trinajstić information content (AvgIpc) is 0.766. The Balaban J connectivity index is 0.969. The summed E-state index contributed by atoms with van der Waals surface area (Å²) in [6.45, 7) is 29.9. The number of Topliss-reactive ketones (excluding diaryl/α,β-unsaturated/α-hetero) is 1. The molecule has 0 heterocycles. The predicted molar refractivity (Wildman–Crippen MR) is 345 cm³/mol. The second kappa shape index (κ2) is 31.7. The zero-order valence-electron chi connectivity index (χ0n) is 54.0. The number of aryl methyl sites for hydroxylation is 6. The van der Waals surface area contributed by atoms with E-state index in [0.717, 1.165) is 137 Å². The number of rotatable bonds is 28. The van der Waals surface area contributed by atoms with Gasteiger partial charge in [0.15, 0.2) is 12.3 Å². The number of ketones is 1. The summed E-state index contributed by atoms with van der Waals surface area (Å²) in [7, 11) is 0. The summed E-state index contributed by atoms with van der Waals surface area (Å²) in [6.07, 6.45) is 21.7. The van der Waals surface area contributed by atoms with E-state index in [1.165, 1.54) is 27.9 Å². The normalized spacial score (nSPS) is 20.9. The van der Waals surface area contributed by atoms with Crippen molar-refractivity contribution in [2.45, 2.75) is 162 Å². The minimum Gasteiger partial charge on any atom is -0.507 e. The molecule has 0 unspecified atom stereocenters. The first-order chi connectivity index (χ1) is 42.8. The number of carbonyl (C=O) groups excluding carboxylic acids is 7. The van der Waals surface area contributed by atoms with Crippen LogP contribution in [0.2, 0.25) is 0 Å². The molecule has 0 spiro atoms. The van der Waals surface area contributed by atoms with Gasteiger partial charge < -0.3 is 49.1 Å². The first-order valence-corrected chi connectivity index (χ1v) is 31.5. The number of hydrogen-bond donors (Lipinski definition) is 3. The van der Waals surface area contributed by atoms with Gasteiger partial charge in [0.05, 0.1) is 17.8 Å². The van der Waals surface area contributed by atoms with Crippen LogP contribution in [-0.4, -0.2) is 139 Å². The maximum atomic E-state index is 14.3. The summed E-state index contributed by atoms with van der Waals surface area (Å²) in [5.41, 5.74) is 9.66. The molecular weight excluding hydrogens is 1140 g/mol. The number of benzene rings is 2. The summed E-state index contributed by atoms with van der Waals surface area (Å²) in [5, 5.41) is 17.4. The molecule has 7 rings (SSSR count). The number of aliphatic hydroxyl groups is 1. The summed E-state index contributed by atoms with van der Waals surface area (Å²) in [5.74, 6) is -2.92. The second-order valence-corrected chi connectivity index (χ2v) is 25.6. The van der Waals surface area contributed by atoms with Crippen LogP contribution in [0.4, 0.5) is 11.4 Å². The zero-order valence-corrected chi connectivity index (χ0v) is 54.0. The number of esters is 4. The highest BCUT2D eigenvalue weighted by Gasteiger charge is 2.43. The molecule has 0 saturated heterocycles. The average molecular weight is 1240 g/mol. The van der Waals surface area contributed by atoms with Crippen molar-refractivity contribution in [2.24, 2.45) is 17.8 Å². The summed E-state index contributed by atoms with van der Waals surface area (Å²) in [6, 6.07) is 9.12. The molecule has 2 amide bonds. The molecule has 90 heavy (non-hydrogen) atoms. The quantitative estimate of drug-likeness (QED) is 0.0312. The van der Waals surface area contributed by atoms with E-state index in [1.807, 2.05) is 24.3 Å². The van der Waals surface area contributed by atoms with Gasteiger partial charge in [0.25, 0.3) is 0 Å². The van der Waals surface area contributed by atoms with Gasteiger partial charge in [-0.25, -0.2) is 19.2 Å². The van der Waals surface area contributed by atoms with Gasteiger partial charge in [0, 0.05) is 77.3 Å². The lowest BCUT2D eigenvalue weighted by Gasteiger charge is -2.43. The Morgan fingerprint density at radius 1 is 0.578 bits per heavy atom. The number of ether oxygens (including phenoxy) is 6. The van der Waals surface area contributed by atoms with Gasteiger partial charge in [0.1, 0.15) is 56.5 Å². The summed E-state index contributed by atoms with van der Waals surface area (Å²) < 4.78 is 35.4. The van der Waals surface area contributed by atoms with Crippen molar-refractivity contribution in [1.82, 2.24) is 10.6 Å². The molecule has 0 bridgehead atoms. The lowest BCUT2D eigenvalue weighted by atomic mass is 9.71. The number of carbonyl (C=O) groups is 7. The molecule has 0 aliphatic heterocycles. The van der Waals surface area contributed by atoms with E-state index >= 15 is 0 Å². The molecule has 5 aliphatic carbocycles. The Morgan fingerprint density at radius 2 is 0.978 bits per heavy atom. The highest BCUT2D eigenvalue weighted by atomic mass is 16.6. The third kappa shape index (κ3) is 18.6. The number of anilines is 1. The van der Waals surface area contributed by atoms with Crippen LogP contribution in [0.3, 0.4) is 0 Å². The number of aliphatic hydroxyl groups excluding tert-OH is 1. The van der Waals surface area contributed by atoms with Gasteiger partial charge in [-0.2, -0.15) is 4.58 Å². The standard InChI is InChI=1S/C72H92N4O14/c1-13-61(79)87-41-71(11,42-88-62(80)14-2)73-59(77)39-85-57-29-17-51(18-30-57)37-75(67-47(7)33-45(5)34-48(67)8)55-25-21-53(22-26-55)65-69(83)66(70(65)84)54-23-27-56(28-24-54)76(68-49(9)35-46(6)36-50(68)10)38-52-19-31-58(32-20-52)86-40-60(78)74-72(12,43-89-63(81)15-3)44-90-64(82)16-4/h13-16,21-22,25-26,33-36,51-52,54,56-58H,1-4,17-20,23-24,27-32,37-44H2,5-12H3,(H2-,73,74,77,78,83,84)/p+1. The highest BCUT2D eigenvalue weighted by Crippen LogP contribution is 2.45. The SMILES string of the molecule is C=CC(=O)OCC(C)(COC(=O)C=C)NC(=O)COC1CCC(CN(c2c(C)cc(C)cc2C)C2CCC(C3=C(O)C(=C4C=CC(=[N+](CC5CCC(OCC(=O)NC(C)(COC(=O)C=C)COC(=O)C=C)CC5)c5c(C)cc(C)cc5C)C=C4)C3=O)CC2)CC1. The minimum atomic E-state index is -1.21. The molecule has 3 fully saturated rings. The topological polar surface area (TPSA) is 225 Å². The molecule has 18 heteroatoms. The van der Waals surface area contributed by atoms with Gasteiger partial charge in [-0.15, -0.1) is 0 Å². The molecule has 3 N–H and O–H groups in total. The molecule has 18 nitrogen and oxygen atoms in total. The van der Waals surface area contributed by atoms with Gasteiger partial charge >= 0.3 is 23.9 Å². The van der Waals surface area contributed by atoms with Gasteiger partial charge in [-0.3, -0.25) is 14.4 Å². The largest absolute Gasteiger partial charge is 0.507 e.